The summed E-state index contributed by atoms with van der Waals surface area (Å²) in [6.07, 6.45) is 0. The molecule has 0 heterocycles. The molecule has 0 unspecified atom stereocenters. The van der Waals surface area contributed by atoms with Gasteiger partial charge in [-0.3, -0.25) is 0 Å². The molecule has 0 fully saturated rings. The Morgan fingerprint density at radius 1 is 0.380 bits per heavy atom. The van der Waals surface area contributed by atoms with Crippen molar-refractivity contribution in [2.45, 2.75) is 27.7 Å². The van der Waals surface area contributed by atoms with Crippen LogP contribution in [0.5, 0.6) is 17.2 Å². The van der Waals surface area contributed by atoms with Gasteiger partial charge in [0.15, 0.2) is 8.07 Å². The Labute approximate surface area is 313 Å². The molecule has 0 radical (unpaired) electrons. The first kappa shape index (κ1) is 39.4. The molecule has 0 spiro atoms. The summed E-state index contributed by atoms with van der Waals surface area (Å²) in [5.74, 6) is 0.215. The molecule has 7 aromatic rings. The molecule has 0 aromatic heterocycles. The van der Waals surface area contributed by atoms with Crippen LogP contribution in [0.15, 0.2) is 182 Å². The van der Waals surface area contributed by atoms with E-state index in [-0.39, 0.29) is 39.0 Å². The third-order valence-corrected chi connectivity index (χ3v) is 13.8. The van der Waals surface area contributed by atoms with Gasteiger partial charge in [-0.25, -0.2) is 0 Å². The van der Waals surface area contributed by atoms with Crippen LogP contribution in [0.25, 0.3) is 0 Å². The Balaban J connectivity index is 0.000000247. The van der Waals surface area contributed by atoms with Gasteiger partial charge < -0.3 is 15.3 Å². The zero-order valence-corrected chi connectivity index (χ0v) is 31.6. The SMILES string of the molecule is Cc1c(C)c([Si](c2ccccc2)(c2ccccc2)c2ccccc2)[c-](C)c1C.[O-]c1ccccc1.[O-]c1ccccc1.[O-]c1ccccc1.[Ti+4]. The van der Waals surface area contributed by atoms with Crippen molar-refractivity contribution < 1.29 is 37.0 Å². The van der Waals surface area contributed by atoms with Gasteiger partial charge in [-0.1, -0.05) is 210 Å². The minimum absolute atomic E-state index is 0. The molecule has 0 aliphatic rings. The second-order valence-electron chi connectivity index (χ2n) is 11.7. The van der Waals surface area contributed by atoms with E-state index in [0.29, 0.717) is 0 Å². The van der Waals surface area contributed by atoms with E-state index in [4.69, 9.17) is 0 Å². The van der Waals surface area contributed by atoms with Gasteiger partial charge in [0.2, 0.25) is 0 Å². The maximum absolute atomic E-state index is 10.3. The summed E-state index contributed by atoms with van der Waals surface area (Å²) < 4.78 is 0. The van der Waals surface area contributed by atoms with Crippen LogP contribution < -0.4 is 36.1 Å². The van der Waals surface area contributed by atoms with Crippen LogP contribution in [0.4, 0.5) is 0 Å². The van der Waals surface area contributed by atoms with Gasteiger partial charge in [-0.05, 0) is 15.6 Å². The molecule has 50 heavy (non-hydrogen) atoms. The van der Waals surface area contributed by atoms with Crippen LogP contribution in [0.2, 0.25) is 0 Å². The third kappa shape index (κ3) is 10.0. The summed E-state index contributed by atoms with van der Waals surface area (Å²) in [4.78, 5) is 0. The molecule has 3 nitrogen and oxygen atoms in total. The van der Waals surface area contributed by atoms with E-state index < -0.39 is 8.07 Å². The van der Waals surface area contributed by atoms with Crippen molar-refractivity contribution in [1.82, 2.24) is 0 Å². The Hall–Kier alpha value is -5.00. The molecule has 0 N–H and O–H groups in total. The predicted octanol–water partition coefficient (Wildman–Crippen LogP) is 6.29. The quantitative estimate of drug-likeness (QED) is 0.123. The molecule has 0 aliphatic heterocycles. The molecule has 0 saturated heterocycles. The van der Waals surface area contributed by atoms with E-state index in [0.717, 1.165) is 0 Å². The molecule has 248 valence electrons. The van der Waals surface area contributed by atoms with Gasteiger partial charge in [-0.15, -0.1) is 17.2 Å². The minimum Gasteiger partial charge on any atom is -0.872 e. The standard InChI is InChI=1S/C27H27Si.3C6H6O.Ti/c1-20-21(2)23(4)27(22(20)3)28(24-14-8-5-9-15-24,25-16-10-6-11-17-25)26-18-12-7-13-19-26;3*7-6-4-2-1-3-5-6;/h5-19H,1-4H3;3*1-5,7H;/q-1;;;;+4/p-3. The van der Waals surface area contributed by atoms with Crippen molar-refractivity contribution in [2.75, 3.05) is 0 Å². The van der Waals surface area contributed by atoms with Crippen LogP contribution >= 0.6 is 0 Å². The third-order valence-electron chi connectivity index (χ3n) is 8.66. The van der Waals surface area contributed by atoms with Gasteiger partial charge in [0.05, 0.1) is 0 Å². The summed E-state index contributed by atoms with van der Waals surface area (Å²) in [7, 11) is -2.40. The van der Waals surface area contributed by atoms with Gasteiger partial charge in [0.25, 0.3) is 0 Å². The topological polar surface area (TPSA) is 69.2 Å². The van der Waals surface area contributed by atoms with Crippen LogP contribution in [0.3, 0.4) is 0 Å². The maximum Gasteiger partial charge on any atom is 4.00 e. The van der Waals surface area contributed by atoms with Gasteiger partial charge in [-0.2, -0.15) is 27.4 Å². The number of hydrogen-bond donors (Lipinski definition) is 0. The Morgan fingerprint density at radius 3 is 0.800 bits per heavy atom. The van der Waals surface area contributed by atoms with Gasteiger partial charge in [0.1, 0.15) is 0 Å². The molecule has 7 rings (SSSR count). The van der Waals surface area contributed by atoms with Crippen molar-refractivity contribution in [3.63, 3.8) is 0 Å². The average Bonchev–Trinajstić information content (AvgIpc) is 3.34. The molecule has 0 amide bonds. The van der Waals surface area contributed by atoms with E-state index in [1.807, 2.05) is 18.2 Å². The monoisotopic (exact) mass is 706 g/mol. The minimum atomic E-state index is -2.40. The number of benzene rings is 6. The van der Waals surface area contributed by atoms with Crippen molar-refractivity contribution in [1.29, 1.82) is 0 Å². The predicted molar refractivity (Wildman–Crippen MR) is 202 cm³/mol. The van der Waals surface area contributed by atoms with Crippen LogP contribution in [0.1, 0.15) is 22.3 Å². The first-order chi connectivity index (χ1) is 23.8. The fourth-order valence-corrected chi connectivity index (χ4v) is 11.5. The molecule has 7 aromatic carbocycles. The Bertz CT molecular complexity index is 1740. The Kier molecular flexibility index (Phi) is 15.7. The molecular weight excluding hydrogens is 664 g/mol. The van der Waals surface area contributed by atoms with E-state index in [1.165, 1.54) is 74.2 Å². The van der Waals surface area contributed by atoms with E-state index in [1.54, 1.807) is 41.6 Å². The largest absolute Gasteiger partial charge is 4.00 e. The summed E-state index contributed by atoms with van der Waals surface area (Å²) in [5, 5.41) is 36.7. The average molecular weight is 707 g/mol. The van der Waals surface area contributed by atoms with Crippen LogP contribution in [0, 0.1) is 27.7 Å². The summed E-state index contributed by atoms with van der Waals surface area (Å²) >= 11 is 0. The number of para-hydroxylation sites is 3. The fraction of sp³-hybridized carbons (Fsp3) is 0.0889. The van der Waals surface area contributed by atoms with Gasteiger partial charge >= 0.3 is 21.7 Å². The van der Waals surface area contributed by atoms with Crippen LogP contribution in [-0.4, -0.2) is 8.07 Å². The number of rotatable bonds is 4. The second-order valence-corrected chi connectivity index (χ2v) is 15.4. The zero-order chi connectivity index (χ0) is 35.1. The smallest absolute Gasteiger partial charge is 0.872 e. The fourth-order valence-electron chi connectivity index (χ4n) is 6.04. The van der Waals surface area contributed by atoms with Crippen molar-refractivity contribution in [3.05, 3.63) is 204 Å². The molecular formula is C45H42O3SiTi. The molecule has 0 atom stereocenters. The van der Waals surface area contributed by atoms with E-state index >= 15 is 0 Å². The van der Waals surface area contributed by atoms with Gasteiger partial charge in [0, 0.05) is 0 Å². The van der Waals surface area contributed by atoms with Crippen molar-refractivity contribution in [2.24, 2.45) is 0 Å². The van der Waals surface area contributed by atoms with E-state index in [9.17, 15) is 15.3 Å². The molecule has 0 aliphatic carbocycles. The summed E-state index contributed by atoms with van der Waals surface area (Å²) in [5.41, 5.74) is 5.79. The maximum atomic E-state index is 10.3. The summed E-state index contributed by atoms with van der Waals surface area (Å²) in [6, 6.07) is 58.5. The number of hydrogen-bond acceptors (Lipinski definition) is 3. The van der Waals surface area contributed by atoms with Crippen molar-refractivity contribution >= 4 is 28.8 Å². The normalized spacial score (nSPS) is 10.1. The second kappa shape index (κ2) is 19.9. The molecule has 0 bridgehead atoms. The summed E-state index contributed by atoms with van der Waals surface area (Å²) in [6.45, 7) is 9.20. The molecule has 5 heteroatoms. The molecule has 0 saturated carbocycles. The Morgan fingerprint density at radius 2 is 0.620 bits per heavy atom. The van der Waals surface area contributed by atoms with E-state index in [2.05, 4.69) is 119 Å². The first-order valence-corrected chi connectivity index (χ1v) is 18.3. The van der Waals surface area contributed by atoms with Crippen LogP contribution in [-0.2, 0) is 21.7 Å². The zero-order valence-electron chi connectivity index (χ0n) is 29.0. The first-order valence-electron chi connectivity index (χ1n) is 16.3. The van der Waals surface area contributed by atoms with Crippen molar-refractivity contribution in [3.8, 4) is 17.2 Å².